The highest BCUT2D eigenvalue weighted by molar-refractivity contribution is 5.94. The third-order valence-corrected chi connectivity index (χ3v) is 3.99. The van der Waals surface area contributed by atoms with Gasteiger partial charge in [0.05, 0.1) is 0 Å². The van der Waals surface area contributed by atoms with Gasteiger partial charge in [-0.25, -0.2) is 8.78 Å². The van der Waals surface area contributed by atoms with Crippen molar-refractivity contribution in [1.29, 1.82) is 0 Å². The van der Waals surface area contributed by atoms with Crippen molar-refractivity contribution < 1.29 is 18.3 Å². The molecule has 1 amide bonds. The van der Waals surface area contributed by atoms with Gasteiger partial charge in [-0.3, -0.25) is 4.79 Å². The largest absolute Gasteiger partial charge is 0.454 e. The van der Waals surface area contributed by atoms with Gasteiger partial charge in [0.15, 0.2) is 11.6 Å². The van der Waals surface area contributed by atoms with E-state index in [1.807, 2.05) is 11.8 Å². The first-order valence-electron chi connectivity index (χ1n) is 7.79. The molecule has 1 aliphatic rings. The maximum absolute atomic E-state index is 13.6. The molecule has 24 heavy (non-hydrogen) atoms. The van der Waals surface area contributed by atoms with E-state index >= 15 is 0 Å². The van der Waals surface area contributed by atoms with Crippen LogP contribution in [0.4, 0.5) is 8.78 Å². The van der Waals surface area contributed by atoms with E-state index in [4.69, 9.17) is 4.74 Å². The fraction of sp³-hybridized carbons (Fsp3) is 0.278. The smallest absolute Gasteiger partial charge is 0.254 e. The Balaban J connectivity index is 1.72. The van der Waals surface area contributed by atoms with Gasteiger partial charge in [0.25, 0.3) is 5.91 Å². The number of nitrogens with one attached hydrogen (secondary N) is 1. The Labute approximate surface area is 139 Å². The predicted molar refractivity (Wildman–Crippen MR) is 86.2 cm³/mol. The zero-order chi connectivity index (χ0) is 17.1. The third-order valence-electron chi connectivity index (χ3n) is 3.99. The lowest BCUT2D eigenvalue weighted by molar-refractivity contribution is 0.0655. The van der Waals surface area contributed by atoms with E-state index in [1.165, 1.54) is 6.07 Å². The van der Waals surface area contributed by atoms with Crippen molar-refractivity contribution in [2.24, 2.45) is 0 Å². The fourth-order valence-electron chi connectivity index (χ4n) is 2.66. The van der Waals surface area contributed by atoms with Crippen LogP contribution in [0.5, 0.6) is 11.5 Å². The van der Waals surface area contributed by atoms with Crippen molar-refractivity contribution in [3.8, 4) is 11.5 Å². The molecule has 0 aromatic heterocycles. The van der Waals surface area contributed by atoms with Crippen molar-refractivity contribution in [3.63, 3.8) is 0 Å². The number of hydrogen-bond acceptors (Lipinski definition) is 3. The van der Waals surface area contributed by atoms with Gasteiger partial charge in [0, 0.05) is 37.3 Å². The summed E-state index contributed by atoms with van der Waals surface area (Å²) in [5, 5.41) is 3.24. The normalized spacial score (nSPS) is 17.6. The van der Waals surface area contributed by atoms with Gasteiger partial charge in [-0.1, -0.05) is 0 Å². The van der Waals surface area contributed by atoms with Crippen LogP contribution in [0.15, 0.2) is 42.5 Å². The molecule has 1 atom stereocenters. The third kappa shape index (κ3) is 3.54. The average molecular weight is 332 g/mol. The van der Waals surface area contributed by atoms with Gasteiger partial charge in [-0.15, -0.1) is 0 Å². The number of halogens is 2. The molecule has 2 aromatic rings. The second-order valence-corrected chi connectivity index (χ2v) is 5.75. The molecule has 1 fully saturated rings. The molecule has 6 heteroatoms. The molecule has 126 valence electrons. The number of carbonyl (C=O) groups excluding carboxylic acids is 1. The van der Waals surface area contributed by atoms with E-state index < -0.39 is 11.6 Å². The summed E-state index contributed by atoms with van der Waals surface area (Å²) in [6, 6.07) is 9.75. The number of benzene rings is 2. The van der Waals surface area contributed by atoms with E-state index in [0.717, 1.165) is 25.2 Å². The van der Waals surface area contributed by atoms with Gasteiger partial charge < -0.3 is 15.0 Å². The Kier molecular flexibility index (Phi) is 4.76. The Morgan fingerprint density at radius 1 is 1.21 bits per heavy atom. The lowest BCUT2D eigenvalue weighted by Crippen LogP contribution is -2.52. The Morgan fingerprint density at radius 2 is 1.96 bits per heavy atom. The molecule has 1 saturated heterocycles. The predicted octanol–water partition coefficient (Wildman–Crippen LogP) is 3.19. The number of carbonyl (C=O) groups is 1. The molecule has 1 N–H and O–H groups in total. The van der Waals surface area contributed by atoms with Gasteiger partial charge in [-0.2, -0.15) is 0 Å². The first-order valence-corrected chi connectivity index (χ1v) is 7.79. The van der Waals surface area contributed by atoms with Crippen LogP contribution in [0.3, 0.4) is 0 Å². The molecule has 1 heterocycles. The first-order chi connectivity index (χ1) is 11.5. The summed E-state index contributed by atoms with van der Waals surface area (Å²) in [5.74, 6) is -1.16. The minimum absolute atomic E-state index is 0.0384. The second kappa shape index (κ2) is 6.97. The number of rotatable bonds is 3. The number of amides is 1. The van der Waals surface area contributed by atoms with Crippen LogP contribution in [-0.4, -0.2) is 36.5 Å². The highest BCUT2D eigenvalue weighted by Crippen LogP contribution is 2.25. The van der Waals surface area contributed by atoms with Crippen molar-refractivity contribution in [1.82, 2.24) is 10.2 Å². The first kappa shape index (κ1) is 16.4. The Bertz CT molecular complexity index is 734. The maximum Gasteiger partial charge on any atom is 0.254 e. The van der Waals surface area contributed by atoms with Gasteiger partial charge in [0.1, 0.15) is 11.6 Å². The molecule has 0 saturated carbocycles. The van der Waals surface area contributed by atoms with Gasteiger partial charge in [-0.05, 0) is 43.3 Å². The lowest BCUT2D eigenvalue weighted by atomic mass is 10.1. The van der Waals surface area contributed by atoms with Gasteiger partial charge in [0.2, 0.25) is 0 Å². The van der Waals surface area contributed by atoms with Crippen molar-refractivity contribution in [3.05, 3.63) is 59.7 Å². The number of ether oxygens (including phenoxy) is 1. The minimum atomic E-state index is -0.773. The molecule has 1 aliphatic heterocycles. The number of hydrogen-bond donors (Lipinski definition) is 1. The highest BCUT2D eigenvalue weighted by Gasteiger charge is 2.23. The number of nitrogens with zero attached hydrogens (tertiary/aromatic N) is 1. The maximum atomic E-state index is 13.6. The zero-order valence-electron chi connectivity index (χ0n) is 13.3. The van der Waals surface area contributed by atoms with E-state index in [0.29, 0.717) is 17.9 Å². The molecule has 0 unspecified atom stereocenters. The summed E-state index contributed by atoms with van der Waals surface area (Å²) in [7, 11) is 0. The quantitative estimate of drug-likeness (QED) is 0.938. The van der Waals surface area contributed by atoms with Crippen LogP contribution in [0.1, 0.15) is 17.3 Å². The summed E-state index contributed by atoms with van der Waals surface area (Å²) < 4.78 is 31.9. The molecular formula is C18H18F2N2O2. The van der Waals surface area contributed by atoms with Crippen LogP contribution < -0.4 is 10.1 Å². The summed E-state index contributed by atoms with van der Waals surface area (Å²) in [6.45, 7) is 4.22. The lowest BCUT2D eigenvalue weighted by Gasteiger charge is -2.34. The zero-order valence-corrected chi connectivity index (χ0v) is 13.3. The molecule has 2 aromatic carbocycles. The van der Waals surface area contributed by atoms with Crippen LogP contribution in [0, 0.1) is 11.6 Å². The van der Waals surface area contributed by atoms with E-state index in [9.17, 15) is 13.6 Å². The van der Waals surface area contributed by atoms with E-state index in [-0.39, 0.29) is 17.7 Å². The second-order valence-electron chi connectivity index (χ2n) is 5.75. The Hall–Kier alpha value is -2.47. The SMILES string of the molecule is C[C@@H]1CNCCN1C(=O)c1ccc(Oc2ccc(F)cc2F)cc1. The molecule has 4 nitrogen and oxygen atoms in total. The van der Waals surface area contributed by atoms with Crippen molar-refractivity contribution >= 4 is 5.91 Å². The summed E-state index contributed by atoms with van der Waals surface area (Å²) in [6.07, 6.45) is 0. The molecule has 0 radical (unpaired) electrons. The highest BCUT2D eigenvalue weighted by atomic mass is 19.1. The monoisotopic (exact) mass is 332 g/mol. The number of piperazine rings is 1. The summed E-state index contributed by atoms with van der Waals surface area (Å²) >= 11 is 0. The van der Waals surface area contributed by atoms with E-state index in [2.05, 4.69) is 5.32 Å². The summed E-state index contributed by atoms with van der Waals surface area (Å²) in [5.41, 5.74) is 0.552. The summed E-state index contributed by atoms with van der Waals surface area (Å²) in [4.78, 5) is 14.4. The topological polar surface area (TPSA) is 41.6 Å². The van der Waals surface area contributed by atoms with Crippen LogP contribution in [-0.2, 0) is 0 Å². The minimum Gasteiger partial charge on any atom is -0.454 e. The molecule has 0 bridgehead atoms. The van der Waals surface area contributed by atoms with Crippen molar-refractivity contribution in [2.45, 2.75) is 13.0 Å². The molecular weight excluding hydrogens is 314 g/mol. The van der Waals surface area contributed by atoms with Crippen LogP contribution in [0.25, 0.3) is 0 Å². The van der Waals surface area contributed by atoms with Gasteiger partial charge >= 0.3 is 0 Å². The fourth-order valence-corrected chi connectivity index (χ4v) is 2.66. The standard InChI is InChI=1S/C18H18F2N2O2/c1-12-11-21-8-9-22(12)18(23)13-2-5-15(6-3-13)24-17-7-4-14(19)10-16(17)20/h2-7,10,12,21H,8-9,11H2,1H3/t12-/m1/s1. The van der Waals surface area contributed by atoms with Crippen molar-refractivity contribution in [2.75, 3.05) is 19.6 Å². The molecule has 0 spiro atoms. The molecule has 0 aliphatic carbocycles. The van der Waals surface area contributed by atoms with E-state index in [1.54, 1.807) is 24.3 Å². The average Bonchev–Trinajstić information content (AvgIpc) is 2.58. The molecule has 3 rings (SSSR count). The Morgan fingerprint density at radius 3 is 2.62 bits per heavy atom. The van der Waals surface area contributed by atoms with Crippen LogP contribution >= 0.6 is 0 Å². The van der Waals surface area contributed by atoms with Crippen LogP contribution in [0.2, 0.25) is 0 Å².